The number of H-pyrrole nitrogens is 1. The fourth-order valence-electron chi connectivity index (χ4n) is 0.536. The van der Waals surface area contributed by atoms with Crippen molar-refractivity contribution >= 4 is 17.5 Å². The number of hydrogen-bond donors (Lipinski definition) is 2. The molecule has 0 spiro atoms. The van der Waals surface area contributed by atoms with Gasteiger partial charge in [-0.3, -0.25) is 14.7 Å². The van der Waals surface area contributed by atoms with E-state index in [1.165, 1.54) is 13.1 Å². The largest absolute Gasteiger partial charge is 0.304 e. The summed E-state index contributed by atoms with van der Waals surface area (Å²) < 4.78 is 0. The highest BCUT2D eigenvalue weighted by Gasteiger charge is 2.06. The van der Waals surface area contributed by atoms with Crippen LogP contribution in [0.2, 0.25) is 0 Å². The van der Waals surface area contributed by atoms with Gasteiger partial charge in [-0.15, -0.1) is 0 Å². The zero-order valence-electron chi connectivity index (χ0n) is 5.92. The number of anilines is 1. The summed E-state index contributed by atoms with van der Waals surface area (Å²) in [6.45, 7) is 1.20. The molecule has 0 fully saturated rings. The standard InChI is InChI=1S/C6H7N3O2/c1-4(10)6(11)8-5-2-3-7-9-5/h2-3H,1H3,(H2,7,8,9,11). The van der Waals surface area contributed by atoms with Gasteiger partial charge in [0.15, 0.2) is 0 Å². The van der Waals surface area contributed by atoms with Crippen molar-refractivity contribution in [3.8, 4) is 0 Å². The van der Waals surface area contributed by atoms with E-state index in [0.717, 1.165) is 0 Å². The normalized spacial score (nSPS) is 9.18. The van der Waals surface area contributed by atoms with E-state index in [1.807, 2.05) is 0 Å². The third kappa shape index (κ3) is 1.89. The maximum absolute atomic E-state index is 10.7. The lowest BCUT2D eigenvalue weighted by Gasteiger charge is -1.95. The maximum Gasteiger partial charge on any atom is 0.292 e. The van der Waals surface area contributed by atoms with Crippen LogP contribution in [0.5, 0.6) is 0 Å². The third-order valence-electron chi connectivity index (χ3n) is 1.07. The second-order valence-electron chi connectivity index (χ2n) is 1.98. The second-order valence-corrected chi connectivity index (χ2v) is 1.98. The zero-order chi connectivity index (χ0) is 8.27. The first-order valence-electron chi connectivity index (χ1n) is 3.01. The number of aromatic nitrogens is 2. The first kappa shape index (κ1) is 7.46. The summed E-state index contributed by atoms with van der Waals surface area (Å²) in [5, 5.41) is 8.39. The predicted octanol–water partition coefficient (Wildman–Crippen LogP) is -0.0628. The summed E-state index contributed by atoms with van der Waals surface area (Å²) in [6, 6.07) is 1.56. The Morgan fingerprint density at radius 1 is 1.64 bits per heavy atom. The number of nitrogens with zero attached hydrogens (tertiary/aromatic N) is 1. The number of hydrogen-bond acceptors (Lipinski definition) is 3. The van der Waals surface area contributed by atoms with Crippen LogP contribution in [0.15, 0.2) is 12.3 Å². The Morgan fingerprint density at radius 3 is 2.82 bits per heavy atom. The number of rotatable bonds is 2. The lowest BCUT2D eigenvalue weighted by Crippen LogP contribution is -2.19. The Bertz CT molecular complexity index is 265. The second kappa shape index (κ2) is 2.96. The van der Waals surface area contributed by atoms with Crippen LogP contribution in [0.3, 0.4) is 0 Å². The zero-order valence-corrected chi connectivity index (χ0v) is 5.92. The molecule has 0 aromatic carbocycles. The van der Waals surface area contributed by atoms with Crippen LogP contribution in [-0.2, 0) is 9.59 Å². The summed E-state index contributed by atoms with van der Waals surface area (Å²) in [7, 11) is 0. The van der Waals surface area contributed by atoms with Crippen LogP contribution in [-0.4, -0.2) is 21.9 Å². The van der Waals surface area contributed by atoms with E-state index in [2.05, 4.69) is 15.5 Å². The highest BCUT2D eigenvalue weighted by molar-refractivity contribution is 6.39. The van der Waals surface area contributed by atoms with Crippen molar-refractivity contribution in [3.63, 3.8) is 0 Å². The van der Waals surface area contributed by atoms with Crippen LogP contribution >= 0.6 is 0 Å². The first-order chi connectivity index (χ1) is 5.20. The number of carbonyl (C=O) groups excluding carboxylic acids is 2. The summed E-state index contributed by atoms with van der Waals surface area (Å²) in [5.74, 6) is -0.751. The average Bonchev–Trinajstić information content (AvgIpc) is 2.39. The van der Waals surface area contributed by atoms with Crippen molar-refractivity contribution in [2.24, 2.45) is 0 Å². The van der Waals surface area contributed by atoms with Gasteiger partial charge in [-0.2, -0.15) is 5.10 Å². The van der Waals surface area contributed by atoms with E-state index in [9.17, 15) is 9.59 Å². The quantitative estimate of drug-likeness (QED) is 0.584. The minimum absolute atomic E-state index is 0.421. The lowest BCUT2D eigenvalue weighted by atomic mass is 10.4. The van der Waals surface area contributed by atoms with Gasteiger partial charge in [0.2, 0.25) is 5.78 Å². The molecule has 5 nitrogen and oxygen atoms in total. The van der Waals surface area contributed by atoms with Gasteiger partial charge in [0, 0.05) is 13.0 Å². The van der Waals surface area contributed by atoms with Crippen molar-refractivity contribution in [2.75, 3.05) is 5.32 Å². The molecule has 1 amide bonds. The number of nitrogens with one attached hydrogen (secondary N) is 2. The molecule has 5 heteroatoms. The minimum Gasteiger partial charge on any atom is -0.304 e. The third-order valence-corrected chi connectivity index (χ3v) is 1.07. The molecule has 1 aromatic rings. The van der Waals surface area contributed by atoms with E-state index < -0.39 is 11.7 Å². The Kier molecular flexibility index (Phi) is 2.00. The van der Waals surface area contributed by atoms with Crippen LogP contribution in [0.25, 0.3) is 0 Å². The minimum atomic E-state index is -0.644. The fourth-order valence-corrected chi connectivity index (χ4v) is 0.536. The van der Waals surface area contributed by atoms with Crippen molar-refractivity contribution in [1.29, 1.82) is 0 Å². The number of amides is 1. The molecule has 0 aliphatic carbocycles. The number of Topliss-reactive ketones (excluding diaryl/α,β-unsaturated/α-hetero) is 1. The summed E-state index contributed by atoms with van der Waals surface area (Å²) in [5.41, 5.74) is 0. The number of aromatic amines is 1. The van der Waals surface area contributed by atoms with Gasteiger partial charge < -0.3 is 5.32 Å². The molecule has 58 valence electrons. The van der Waals surface area contributed by atoms with Gasteiger partial charge in [0.05, 0.1) is 6.20 Å². The molecule has 0 aliphatic heterocycles. The molecule has 11 heavy (non-hydrogen) atoms. The maximum atomic E-state index is 10.7. The molecular weight excluding hydrogens is 146 g/mol. The highest BCUT2D eigenvalue weighted by atomic mass is 16.2. The van der Waals surface area contributed by atoms with E-state index >= 15 is 0 Å². The van der Waals surface area contributed by atoms with E-state index in [-0.39, 0.29) is 0 Å². The smallest absolute Gasteiger partial charge is 0.292 e. The fraction of sp³-hybridized carbons (Fsp3) is 0.167. The molecule has 1 aromatic heterocycles. The van der Waals surface area contributed by atoms with E-state index in [1.54, 1.807) is 6.07 Å². The van der Waals surface area contributed by atoms with Gasteiger partial charge in [-0.05, 0) is 0 Å². The molecule has 2 N–H and O–H groups in total. The Labute approximate surface area is 62.8 Å². The molecule has 0 saturated carbocycles. The highest BCUT2D eigenvalue weighted by Crippen LogP contribution is 1.97. The van der Waals surface area contributed by atoms with Gasteiger partial charge in [-0.1, -0.05) is 0 Å². The molecule has 0 aliphatic rings. The molecule has 0 radical (unpaired) electrons. The monoisotopic (exact) mass is 153 g/mol. The topological polar surface area (TPSA) is 74.8 Å². The van der Waals surface area contributed by atoms with Crippen molar-refractivity contribution in [3.05, 3.63) is 12.3 Å². The van der Waals surface area contributed by atoms with Crippen molar-refractivity contribution in [1.82, 2.24) is 10.2 Å². The summed E-state index contributed by atoms with van der Waals surface area (Å²) in [6.07, 6.45) is 1.48. The Balaban J connectivity index is 2.57. The number of carbonyl (C=O) groups is 2. The SMILES string of the molecule is CC(=O)C(=O)Nc1ccn[nH]1. The Hall–Kier alpha value is -1.65. The van der Waals surface area contributed by atoms with Crippen molar-refractivity contribution < 1.29 is 9.59 Å². The Morgan fingerprint density at radius 2 is 2.36 bits per heavy atom. The van der Waals surface area contributed by atoms with Gasteiger partial charge >= 0.3 is 0 Å². The molecule has 1 heterocycles. The molecular formula is C6H7N3O2. The average molecular weight is 153 g/mol. The molecule has 0 unspecified atom stereocenters. The van der Waals surface area contributed by atoms with Crippen LogP contribution in [0.1, 0.15) is 6.92 Å². The summed E-state index contributed by atoms with van der Waals surface area (Å²) in [4.78, 5) is 21.1. The van der Waals surface area contributed by atoms with Crippen molar-refractivity contribution in [2.45, 2.75) is 6.92 Å². The van der Waals surface area contributed by atoms with Crippen LogP contribution in [0, 0.1) is 0 Å². The van der Waals surface area contributed by atoms with E-state index in [0.29, 0.717) is 5.82 Å². The van der Waals surface area contributed by atoms with Gasteiger partial charge in [-0.25, -0.2) is 0 Å². The molecule has 0 bridgehead atoms. The molecule has 0 saturated heterocycles. The molecule has 0 atom stereocenters. The summed E-state index contributed by atoms with van der Waals surface area (Å²) >= 11 is 0. The van der Waals surface area contributed by atoms with Crippen LogP contribution < -0.4 is 5.32 Å². The lowest BCUT2D eigenvalue weighted by molar-refractivity contribution is -0.133. The van der Waals surface area contributed by atoms with E-state index in [4.69, 9.17) is 0 Å². The van der Waals surface area contributed by atoms with Crippen LogP contribution in [0.4, 0.5) is 5.82 Å². The predicted molar refractivity (Wildman–Crippen MR) is 37.9 cm³/mol. The number of ketones is 1. The molecule has 1 rings (SSSR count). The first-order valence-corrected chi connectivity index (χ1v) is 3.01. The van der Waals surface area contributed by atoms with Gasteiger partial charge in [0.1, 0.15) is 5.82 Å². The van der Waals surface area contributed by atoms with Gasteiger partial charge in [0.25, 0.3) is 5.91 Å².